The smallest absolute Gasteiger partial charge is 0.0892 e. The third-order valence-electron chi connectivity index (χ3n) is 3.08. The Morgan fingerprint density at radius 3 is 2.58 bits per heavy atom. The van der Waals surface area contributed by atoms with E-state index in [1.807, 2.05) is 12.1 Å². The lowest BCUT2D eigenvalue weighted by atomic mass is 10.0. The van der Waals surface area contributed by atoms with E-state index in [1.54, 1.807) is 6.20 Å². The van der Waals surface area contributed by atoms with Crippen molar-refractivity contribution in [2.75, 3.05) is 0 Å². The zero-order chi connectivity index (χ0) is 13.7. The minimum atomic E-state index is -0.105. The van der Waals surface area contributed by atoms with Crippen LogP contribution in [-0.2, 0) is 6.42 Å². The number of nitrogens with one attached hydrogen (secondary N) is 1. The van der Waals surface area contributed by atoms with Gasteiger partial charge in [-0.2, -0.15) is 0 Å². The summed E-state index contributed by atoms with van der Waals surface area (Å²) in [5, 5.41) is 0. The monoisotopic (exact) mass is 319 g/mol. The van der Waals surface area contributed by atoms with Crippen LogP contribution in [0.2, 0.25) is 0 Å². The van der Waals surface area contributed by atoms with Crippen LogP contribution < -0.4 is 11.3 Å². The molecular weight excluding hydrogens is 302 g/mol. The lowest BCUT2D eigenvalue weighted by Gasteiger charge is -2.17. The van der Waals surface area contributed by atoms with Gasteiger partial charge in [0, 0.05) is 10.7 Å². The summed E-state index contributed by atoms with van der Waals surface area (Å²) in [6.07, 6.45) is 4.04. The predicted octanol–water partition coefficient (Wildman–Crippen LogP) is 3.35. The number of halogens is 1. The maximum Gasteiger partial charge on any atom is 0.0892 e. The van der Waals surface area contributed by atoms with Gasteiger partial charge >= 0.3 is 0 Å². The Labute approximate surface area is 122 Å². The van der Waals surface area contributed by atoms with E-state index in [1.165, 1.54) is 5.56 Å². The van der Waals surface area contributed by atoms with Crippen LogP contribution in [0.4, 0.5) is 0 Å². The summed E-state index contributed by atoms with van der Waals surface area (Å²) < 4.78 is 0.954. The standard InChI is InChI=1S/C15H18BrN3/c1-2-4-11-6-8-12(9-7-11)14(19-17)15-13(16)5-3-10-18-15/h3,5-10,14,19H,2,4,17H2,1H3. The quantitative estimate of drug-likeness (QED) is 0.656. The number of hydrazine groups is 1. The predicted molar refractivity (Wildman–Crippen MR) is 81.5 cm³/mol. The van der Waals surface area contributed by atoms with E-state index in [0.717, 1.165) is 28.6 Å². The number of pyridine rings is 1. The average Bonchev–Trinajstić information content (AvgIpc) is 2.44. The molecule has 1 atom stereocenters. The van der Waals surface area contributed by atoms with E-state index in [0.29, 0.717) is 0 Å². The molecule has 0 aliphatic rings. The van der Waals surface area contributed by atoms with E-state index in [4.69, 9.17) is 5.84 Å². The van der Waals surface area contributed by atoms with Crippen molar-refractivity contribution < 1.29 is 0 Å². The first-order valence-corrected chi connectivity index (χ1v) is 7.21. The molecule has 0 aliphatic carbocycles. The summed E-state index contributed by atoms with van der Waals surface area (Å²) in [7, 11) is 0. The second kappa shape index (κ2) is 6.80. The van der Waals surface area contributed by atoms with Crippen LogP contribution in [0.15, 0.2) is 47.1 Å². The molecule has 0 bridgehead atoms. The van der Waals surface area contributed by atoms with Crippen molar-refractivity contribution in [3.63, 3.8) is 0 Å². The number of nitrogens with two attached hydrogens (primary N) is 1. The number of aryl methyl sites for hydroxylation is 1. The zero-order valence-electron chi connectivity index (χ0n) is 10.9. The highest BCUT2D eigenvalue weighted by atomic mass is 79.9. The molecular formula is C15H18BrN3. The van der Waals surface area contributed by atoms with Gasteiger partial charge in [-0.1, -0.05) is 37.6 Å². The molecule has 0 amide bonds. The van der Waals surface area contributed by atoms with Gasteiger partial charge in [0.05, 0.1) is 11.7 Å². The minimum absolute atomic E-state index is 0.105. The number of hydrogen-bond donors (Lipinski definition) is 2. The SMILES string of the molecule is CCCc1ccc(C(NN)c2ncccc2Br)cc1. The molecule has 100 valence electrons. The Morgan fingerprint density at radius 2 is 2.00 bits per heavy atom. The normalized spacial score (nSPS) is 12.4. The Bertz CT molecular complexity index is 525. The van der Waals surface area contributed by atoms with Gasteiger partial charge in [0.15, 0.2) is 0 Å². The third kappa shape index (κ3) is 3.41. The van der Waals surface area contributed by atoms with Gasteiger partial charge in [-0.05, 0) is 45.6 Å². The molecule has 1 unspecified atom stereocenters. The van der Waals surface area contributed by atoms with Gasteiger partial charge < -0.3 is 0 Å². The number of nitrogens with zero attached hydrogens (tertiary/aromatic N) is 1. The van der Waals surface area contributed by atoms with Crippen LogP contribution in [0.3, 0.4) is 0 Å². The molecule has 0 radical (unpaired) electrons. The largest absolute Gasteiger partial charge is 0.271 e. The van der Waals surface area contributed by atoms with Crippen LogP contribution >= 0.6 is 15.9 Å². The highest BCUT2D eigenvalue weighted by molar-refractivity contribution is 9.10. The van der Waals surface area contributed by atoms with Crippen molar-refractivity contribution in [2.45, 2.75) is 25.8 Å². The van der Waals surface area contributed by atoms with Gasteiger partial charge in [-0.15, -0.1) is 0 Å². The molecule has 19 heavy (non-hydrogen) atoms. The van der Waals surface area contributed by atoms with Crippen LogP contribution in [0.25, 0.3) is 0 Å². The molecule has 3 nitrogen and oxygen atoms in total. The summed E-state index contributed by atoms with van der Waals surface area (Å²) >= 11 is 3.52. The van der Waals surface area contributed by atoms with Crippen molar-refractivity contribution in [1.29, 1.82) is 0 Å². The van der Waals surface area contributed by atoms with E-state index in [-0.39, 0.29) is 6.04 Å². The number of benzene rings is 1. The van der Waals surface area contributed by atoms with Gasteiger partial charge in [-0.25, -0.2) is 5.43 Å². The molecule has 4 heteroatoms. The molecule has 2 aromatic rings. The highest BCUT2D eigenvalue weighted by Gasteiger charge is 2.16. The fourth-order valence-corrected chi connectivity index (χ4v) is 2.59. The van der Waals surface area contributed by atoms with E-state index < -0.39 is 0 Å². The first kappa shape index (κ1) is 14.2. The Balaban J connectivity index is 2.29. The van der Waals surface area contributed by atoms with Crippen LogP contribution in [0.1, 0.15) is 36.2 Å². The van der Waals surface area contributed by atoms with Crippen LogP contribution in [0, 0.1) is 0 Å². The molecule has 1 aromatic heterocycles. The fourth-order valence-electron chi connectivity index (χ4n) is 2.11. The Hall–Kier alpha value is -1.23. The van der Waals surface area contributed by atoms with Crippen LogP contribution in [-0.4, -0.2) is 4.98 Å². The molecule has 0 spiro atoms. The van der Waals surface area contributed by atoms with Crippen molar-refractivity contribution in [2.24, 2.45) is 5.84 Å². The zero-order valence-corrected chi connectivity index (χ0v) is 12.5. The Morgan fingerprint density at radius 1 is 1.26 bits per heavy atom. The summed E-state index contributed by atoms with van der Waals surface area (Å²) in [5.41, 5.74) is 6.19. The van der Waals surface area contributed by atoms with E-state index in [9.17, 15) is 0 Å². The van der Waals surface area contributed by atoms with Crippen molar-refractivity contribution in [3.8, 4) is 0 Å². The third-order valence-corrected chi connectivity index (χ3v) is 3.75. The molecule has 0 saturated carbocycles. The topological polar surface area (TPSA) is 50.9 Å². The maximum absolute atomic E-state index is 5.69. The Kier molecular flexibility index (Phi) is 5.07. The summed E-state index contributed by atoms with van der Waals surface area (Å²) in [5.74, 6) is 5.69. The lowest BCUT2D eigenvalue weighted by Crippen LogP contribution is -2.29. The minimum Gasteiger partial charge on any atom is -0.271 e. The molecule has 0 aliphatic heterocycles. The molecule has 2 rings (SSSR count). The molecule has 3 N–H and O–H groups in total. The molecule has 1 heterocycles. The van der Waals surface area contributed by atoms with E-state index in [2.05, 4.69) is 57.5 Å². The van der Waals surface area contributed by atoms with Gasteiger partial charge in [-0.3, -0.25) is 10.8 Å². The van der Waals surface area contributed by atoms with Crippen molar-refractivity contribution >= 4 is 15.9 Å². The van der Waals surface area contributed by atoms with Crippen molar-refractivity contribution in [1.82, 2.24) is 10.4 Å². The summed E-state index contributed by atoms with van der Waals surface area (Å²) in [6.45, 7) is 2.18. The van der Waals surface area contributed by atoms with Crippen molar-refractivity contribution in [3.05, 3.63) is 63.9 Å². The van der Waals surface area contributed by atoms with Gasteiger partial charge in [0.2, 0.25) is 0 Å². The summed E-state index contributed by atoms with van der Waals surface area (Å²) in [6, 6.07) is 12.3. The fraction of sp³-hybridized carbons (Fsp3) is 0.267. The van der Waals surface area contributed by atoms with Gasteiger partial charge in [0.25, 0.3) is 0 Å². The molecule has 1 aromatic carbocycles. The lowest BCUT2D eigenvalue weighted by molar-refractivity contribution is 0.618. The average molecular weight is 320 g/mol. The van der Waals surface area contributed by atoms with Crippen LogP contribution in [0.5, 0.6) is 0 Å². The highest BCUT2D eigenvalue weighted by Crippen LogP contribution is 2.26. The van der Waals surface area contributed by atoms with Gasteiger partial charge in [0.1, 0.15) is 0 Å². The first-order chi connectivity index (χ1) is 9.26. The number of rotatable bonds is 5. The number of aromatic nitrogens is 1. The maximum atomic E-state index is 5.69. The number of hydrogen-bond acceptors (Lipinski definition) is 3. The molecule has 0 fully saturated rings. The van der Waals surface area contributed by atoms with E-state index >= 15 is 0 Å². The summed E-state index contributed by atoms with van der Waals surface area (Å²) in [4.78, 5) is 4.40. The second-order valence-electron chi connectivity index (χ2n) is 4.46. The second-order valence-corrected chi connectivity index (χ2v) is 5.32. The molecule has 0 saturated heterocycles. The first-order valence-electron chi connectivity index (χ1n) is 6.41.